The summed E-state index contributed by atoms with van der Waals surface area (Å²) in [6.07, 6.45) is 2.79. The maximum absolute atomic E-state index is 12.4. The second-order valence-electron chi connectivity index (χ2n) is 6.23. The van der Waals surface area contributed by atoms with Gasteiger partial charge in [0.1, 0.15) is 0 Å². The van der Waals surface area contributed by atoms with Crippen LogP contribution in [0, 0.1) is 0 Å². The van der Waals surface area contributed by atoms with Gasteiger partial charge >= 0.3 is 0 Å². The Morgan fingerprint density at radius 3 is 2.57 bits per heavy atom. The first-order chi connectivity index (χ1) is 13.3. The van der Waals surface area contributed by atoms with E-state index in [1.54, 1.807) is 48.5 Å². The van der Waals surface area contributed by atoms with Gasteiger partial charge in [-0.15, -0.1) is 17.9 Å². The Balaban J connectivity index is 1.94. The first kappa shape index (κ1) is 20.4. The van der Waals surface area contributed by atoms with Crippen molar-refractivity contribution in [2.24, 2.45) is 0 Å². The fraction of sp³-hybridized carbons (Fsp3) is 0.150. The van der Waals surface area contributed by atoms with Crippen molar-refractivity contribution in [1.82, 2.24) is 5.32 Å². The molecule has 2 aromatic carbocycles. The van der Waals surface area contributed by atoms with Crippen molar-refractivity contribution >= 4 is 54.6 Å². The molecule has 0 fully saturated rings. The van der Waals surface area contributed by atoms with E-state index in [0.717, 1.165) is 15.6 Å². The standard InChI is InChI=1S/C20H19ClN2O3S2/c1-3-10-22-20(24)19-12-15-11-17(8-9-18(15)27-19)23(28(2,25)26)13-14-4-6-16(21)7-5-14/h3-9,11-12H,1,10,13H2,2H3,(H,22,24). The van der Waals surface area contributed by atoms with Crippen LogP contribution in [0.1, 0.15) is 15.2 Å². The lowest BCUT2D eigenvalue weighted by molar-refractivity contribution is 0.0962. The lowest BCUT2D eigenvalue weighted by Gasteiger charge is -2.22. The molecule has 0 aliphatic rings. The van der Waals surface area contributed by atoms with Crippen molar-refractivity contribution in [3.63, 3.8) is 0 Å². The molecule has 0 radical (unpaired) electrons. The van der Waals surface area contributed by atoms with E-state index in [-0.39, 0.29) is 12.5 Å². The average molecular weight is 435 g/mol. The van der Waals surface area contributed by atoms with Gasteiger partial charge in [0.2, 0.25) is 10.0 Å². The number of benzene rings is 2. The normalized spacial score (nSPS) is 11.4. The predicted octanol–water partition coefficient (Wildman–Crippen LogP) is 4.44. The van der Waals surface area contributed by atoms with Crippen LogP contribution < -0.4 is 9.62 Å². The highest BCUT2D eigenvalue weighted by molar-refractivity contribution is 7.92. The number of carbonyl (C=O) groups excluding carboxylic acids is 1. The Hall–Kier alpha value is -2.35. The molecule has 0 aliphatic carbocycles. The molecule has 0 saturated carbocycles. The number of anilines is 1. The highest BCUT2D eigenvalue weighted by atomic mass is 35.5. The van der Waals surface area contributed by atoms with Crippen LogP contribution in [0.2, 0.25) is 5.02 Å². The molecular weight excluding hydrogens is 416 g/mol. The van der Waals surface area contributed by atoms with Crippen LogP contribution in [0.5, 0.6) is 0 Å². The molecule has 0 aliphatic heterocycles. The summed E-state index contributed by atoms with van der Waals surface area (Å²) in [4.78, 5) is 12.7. The van der Waals surface area contributed by atoms with Crippen LogP contribution in [0.3, 0.4) is 0 Å². The van der Waals surface area contributed by atoms with E-state index in [1.807, 2.05) is 6.07 Å². The molecule has 28 heavy (non-hydrogen) atoms. The van der Waals surface area contributed by atoms with E-state index >= 15 is 0 Å². The summed E-state index contributed by atoms with van der Waals surface area (Å²) < 4.78 is 27.0. The van der Waals surface area contributed by atoms with Gasteiger partial charge in [-0.3, -0.25) is 9.10 Å². The van der Waals surface area contributed by atoms with E-state index in [4.69, 9.17) is 11.6 Å². The number of amides is 1. The smallest absolute Gasteiger partial charge is 0.261 e. The fourth-order valence-corrected chi connectivity index (χ4v) is 4.67. The summed E-state index contributed by atoms with van der Waals surface area (Å²) >= 11 is 7.27. The van der Waals surface area contributed by atoms with Gasteiger partial charge in [0.15, 0.2) is 0 Å². The Morgan fingerprint density at radius 1 is 1.21 bits per heavy atom. The molecule has 0 unspecified atom stereocenters. The molecule has 3 rings (SSSR count). The van der Waals surface area contributed by atoms with Crippen molar-refractivity contribution in [3.05, 3.63) is 76.6 Å². The average Bonchev–Trinajstić information content (AvgIpc) is 3.08. The molecule has 5 nitrogen and oxygen atoms in total. The molecule has 8 heteroatoms. The van der Waals surface area contributed by atoms with Crippen molar-refractivity contribution in [1.29, 1.82) is 0 Å². The van der Waals surface area contributed by atoms with Gasteiger partial charge in [-0.2, -0.15) is 0 Å². The highest BCUT2D eigenvalue weighted by Gasteiger charge is 2.19. The monoisotopic (exact) mass is 434 g/mol. The van der Waals surface area contributed by atoms with Crippen molar-refractivity contribution < 1.29 is 13.2 Å². The molecule has 1 heterocycles. The minimum absolute atomic E-state index is 0.177. The Labute approximate surface area is 173 Å². The zero-order valence-corrected chi connectivity index (χ0v) is 17.6. The molecule has 0 saturated heterocycles. The quantitative estimate of drug-likeness (QED) is 0.559. The van der Waals surface area contributed by atoms with Crippen LogP contribution in [0.4, 0.5) is 5.69 Å². The third-order valence-electron chi connectivity index (χ3n) is 4.06. The Morgan fingerprint density at radius 2 is 1.93 bits per heavy atom. The van der Waals surface area contributed by atoms with Gasteiger partial charge in [-0.05, 0) is 47.3 Å². The lowest BCUT2D eigenvalue weighted by Crippen LogP contribution is -2.29. The summed E-state index contributed by atoms with van der Waals surface area (Å²) in [5, 5.41) is 4.15. The first-order valence-corrected chi connectivity index (χ1v) is 11.5. The fourth-order valence-electron chi connectivity index (χ4n) is 2.71. The summed E-state index contributed by atoms with van der Waals surface area (Å²) in [6.45, 7) is 4.16. The number of halogens is 1. The van der Waals surface area contributed by atoms with Crippen LogP contribution >= 0.6 is 22.9 Å². The summed E-state index contributed by atoms with van der Waals surface area (Å²) in [6, 6.07) is 14.2. The molecule has 0 atom stereocenters. The van der Waals surface area contributed by atoms with Gasteiger partial charge in [0.25, 0.3) is 5.91 Å². The lowest BCUT2D eigenvalue weighted by atomic mass is 10.2. The van der Waals surface area contributed by atoms with Crippen LogP contribution in [0.25, 0.3) is 10.1 Å². The second kappa shape index (κ2) is 8.34. The molecule has 0 bridgehead atoms. The number of hydrogen-bond donors (Lipinski definition) is 1. The van der Waals surface area contributed by atoms with Crippen molar-refractivity contribution in [2.45, 2.75) is 6.54 Å². The minimum atomic E-state index is -3.50. The summed E-state index contributed by atoms with van der Waals surface area (Å²) in [7, 11) is -3.50. The molecule has 1 aromatic heterocycles. The van der Waals surface area contributed by atoms with Gasteiger partial charge in [0, 0.05) is 16.3 Å². The maximum atomic E-state index is 12.4. The molecule has 146 valence electrons. The van der Waals surface area contributed by atoms with Gasteiger partial charge in [-0.25, -0.2) is 8.42 Å². The number of nitrogens with zero attached hydrogens (tertiary/aromatic N) is 1. The number of nitrogens with one attached hydrogen (secondary N) is 1. The topological polar surface area (TPSA) is 66.5 Å². The third kappa shape index (κ3) is 4.73. The zero-order chi connectivity index (χ0) is 20.3. The number of rotatable bonds is 7. The highest BCUT2D eigenvalue weighted by Crippen LogP contribution is 2.31. The predicted molar refractivity (Wildman–Crippen MR) is 117 cm³/mol. The number of fused-ring (bicyclic) bond motifs is 1. The van der Waals surface area contributed by atoms with E-state index < -0.39 is 10.0 Å². The van der Waals surface area contributed by atoms with E-state index in [2.05, 4.69) is 11.9 Å². The first-order valence-electron chi connectivity index (χ1n) is 8.43. The summed E-state index contributed by atoms with van der Waals surface area (Å²) in [5.41, 5.74) is 1.37. The summed E-state index contributed by atoms with van der Waals surface area (Å²) in [5.74, 6) is -0.177. The minimum Gasteiger partial charge on any atom is -0.348 e. The van der Waals surface area contributed by atoms with E-state index in [1.165, 1.54) is 21.9 Å². The molecular formula is C20H19ClN2O3S2. The van der Waals surface area contributed by atoms with Crippen LogP contribution in [-0.4, -0.2) is 27.1 Å². The number of carbonyl (C=O) groups is 1. The second-order valence-corrected chi connectivity index (χ2v) is 9.65. The number of hydrogen-bond acceptors (Lipinski definition) is 4. The zero-order valence-electron chi connectivity index (χ0n) is 15.2. The SMILES string of the molecule is C=CCNC(=O)c1cc2cc(N(Cc3ccc(Cl)cc3)S(C)(=O)=O)ccc2s1. The van der Waals surface area contributed by atoms with Gasteiger partial charge in [0.05, 0.1) is 23.4 Å². The molecule has 0 spiro atoms. The molecule has 3 aromatic rings. The molecule has 1 amide bonds. The number of sulfonamides is 1. The Kier molecular flexibility index (Phi) is 6.07. The van der Waals surface area contributed by atoms with Crippen LogP contribution in [-0.2, 0) is 16.6 Å². The van der Waals surface area contributed by atoms with Gasteiger partial charge < -0.3 is 5.32 Å². The Bertz CT molecular complexity index is 1120. The molecule has 1 N–H and O–H groups in total. The van der Waals surface area contributed by atoms with Crippen molar-refractivity contribution in [2.75, 3.05) is 17.1 Å². The van der Waals surface area contributed by atoms with Gasteiger partial charge in [-0.1, -0.05) is 29.8 Å². The third-order valence-corrected chi connectivity index (χ3v) is 6.57. The number of thiophene rings is 1. The van der Waals surface area contributed by atoms with E-state index in [9.17, 15) is 13.2 Å². The van der Waals surface area contributed by atoms with Crippen LogP contribution in [0.15, 0.2) is 61.2 Å². The van der Waals surface area contributed by atoms with Crippen molar-refractivity contribution in [3.8, 4) is 0 Å². The maximum Gasteiger partial charge on any atom is 0.261 e. The van der Waals surface area contributed by atoms with E-state index in [0.29, 0.717) is 22.1 Å². The largest absolute Gasteiger partial charge is 0.348 e.